The van der Waals surface area contributed by atoms with Gasteiger partial charge in [-0.25, -0.2) is 8.42 Å². The molecule has 168 valence electrons. The van der Waals surface area contributed by atoms with Crippen LogP contribution in [0.2, 0.25) is 0 Å². The number of hydrogen-bond acceptors (Lipinski definition) is 6. The second kappa shape index (κ2) is 8.66. The number of nitrogens with one attached hydrogen (secondary N) is 1. The predicted molar refractivity (Wildman–Crippen MR) is 105 cm³/mol. The third kappa shape index (κ3) is 4.62. The molecule has 0 spiro atoms. The van der Waals surface area contributed by atoms with Crippen LogP contribution in [0.5, 0.6) is 5.75 Å². The standard InChI is InChI=1S/C20H28F2N2O5S/c21-19(22)29-17-3-5-18(6-4-17)30(26,27)24-15-1-2-16(24)12-14(11-15)23-13-20(25)7-9-28-10-8-20/h3-6,14-16,19,23,25H,1-2,7-13H2/t14-,15+,16-. The van der Waals surface area contributed by atoms with Gasteiger partial charge in [0.2, 0.25) is 10.0 Å². The Labute approximate surface area is 175 Å². The first-order chi connectivity index (χ1) is 14.3. The summed E-state index contributed by atoms with van der Waals surface area (Å²) in [6, 6.07) is 5.09. The highest BCUT2D eigenvalue weighted by molar-refractivity contribution is 7.89. The van der Waals surface area contributed by atoms with Crippen LogP contribution in [-0.2, 0) is 14.8 Å². The highest BCUT2D eigenvalue weighted by Gasteiger charge is 2.47. The summed E-state index contributed by atoms with van der Waals surface area (Å²) in [6.45, 7) is -1.35. The number of fused-ring (bicyclic) bond motifs is 2. The maximum absolute atomic E-state index is 13.2. The van der Waals surface area contributed by atoms with Crippen LogP contribution in [0, 0.1) is 0 Å². The molecule has 3 saturated heterocycles. The van der Waals surface area contributed by atoms with Gasteiger partial charge in [0.15, 0.2) is 0 Å². The van der Waals surface area contributed by atoms with E-state index < -0.39 is 22.2 Å². The monoisotopic (exact) mass is 446 g/mol. The Hall–Kier alpha value is -1.33. The van der Waals surface area contributed by atoms with Gasteiger partial charge in [-0.2, -0.15) is 13.1 Å². The summed E-state index contributed by atoms with van der Waals surface area (Å²) in [5, 5.41) is 14.1. The normalized spacial score (nSPS) is 29.3. The highest BCUT2D eigenvalue weighted by Crippen LogP contribution is 2.40. The molecule has 3 heterocycles. The molecule has 0 aliphatic carbocycles. The molecule has 3 aliphatic heterocycles. The Morgan fingerprint density at radius 3 is 2.33 bits per heavy atom. The van der Waals surface area contributed by atoms with E-state index in [1.165, 1.54) is 24.3 Å². The zero-order valence-electron chi connectivity index (χ0n) is 16.7. The lowest BCUT2D eigenvalue weighted by Gasteiger charge is -2.40. The number of rotatable bonds is 7. The molecule has 0 unspecified atom stereocenters. The van der Waals surface area contributed by atoms with Gasteiger partial charge < -0.3 is 19.9 Å². The zero-order chi connectivity index (χ0) is 21.4. The van der Waals surface area contributed by atoms with Crippen molar-refractivity contribution in [1.29, 1.82) is 0 Å². The van der Waals surface area contributed by atoms with Crippen molar-refractivity contribution in [3.63, 3.8) is 0 Å². The number of nitrogens with zero attached hydrogens (tertiary/aromatic N) is 1. The largest absolute Gasteiger partial charge is 0.435 e. The van der Waals surface area contributed by atoms with Crippen molar-refractivity contribution in [2.45, 2.75) is 73.8 Å². The van der Waals surface area contributed by atoms with E-state index in [-0.39, 0.29) is 28.8 Å². The first-order valence-electron chi connectivity index (χ1n) is 10.4. The number of piperidine rings is 1. The molecule has 1 aromatic rings. The third-order valence-electron chi connectivity index (χ3n) is 6.43. The first kappa shape index (κ1) is 21.9. The molecule has 0 amide bonds. The second-order valence-corrected chi connectivity index (χ2v) is 10.3. The molecule has 2 N–H and O–H groups in total. The van der Waals surface area contributed by atoms with Crippen molar-refractivity contribution >= 4 is 10.0 Å². The van der Waals surface area contributed by atoms with Crippen molar-refractivity contribution in [3.05, 3.63) is 24.3 Å². The van der Waals surface area contributed by atoms with Crippen LogP contribution < -0.4 is 10.1 Å². The van der Waals surface area contributed by atoms with Crippen molar-refractivity contribution in [1.82, 2.24) is 9.62 Å². The molecule has 4 rings (SSSR count). The van der Waals surface area contributed by atoms with Gasteiger partial charge >= 0.3 is 6.61 Å². The summed E-state index contributed by atoms with van der Waals surface area (Å²) in [5.41, 5.74) is -0.761. The minimum absolute atomic E-state index is 0.0686. The molecule has 3 fully saturated rings. The number of ether oxygens (including phenoxy) is 2. The molecule has 3 atom stereocenters. The minimum Gasteiger partial charge on any atom is -0.435 e. The number of halogens is 2. The Morgan fingerprint density at radius 1 is 1.17 bits per heavy atom. The van der Waals surface area contributed by atoms with Gasteiger partial charge in [0.1, 0.15) is 5.75 Å². The molecule has 0 radical (unpaired) electrons. The summed E-state index contributed by atoms with van der Waals surface area (Å²) in [7, 11) is -3.72. The predicted octanol–water partition coefficient (Wildman–Crippen LogP) is 2.10. The fraction of sp³-hybridized carbons (Fsp3) is 0.700. The van der Waals surface area contributed by atoms with Gasteiger partial charge in [0.25, 0.3) is 0 Å². The van der Waals surface area contributed by atoms with E-state index in [4.69, 9.17) is 4.74 Å². The van der Waals surface area contributed by atoms with Crippen LogP contribution >= 0.6 is 0 Å². The van der Waals surface area contributed by atoms with E-state index in [1.807, 2.05) is 0 Å². The van der Waals surface area contributed by atoms with E-state index in [2.05, 4.69) is 10.1 Å². The number of alkyl halides is 2. The molecule has 7 nitrogen and oxygen atoms in total. The SMILES string of the molecule is O=S(=O)(c1ccc(OC(F)F)cc1)N1[C@@H]2CC[C@H]1C[C@@H](NCC1(O)CCOCC1)C2. The van der Waals surface area contributed by atoms with Gasteiger partial charge in [-0.1, -0.05) is 0 Å². The van der Waals surface area contributed by atoms with E-state index in [1.54, 1.807) is 4.31 Å². The average Bonchev–Trinajstić information content (AvgIpc) is 2.99. The number of hydrogen-bond donors (Lipinski definition) is 2. The summed E-state index contributed by atoms with van der Waals surface area (Å²) in [6.07, 6.45) is 4.18. The lowest BCUT2D eigenvalue weighted by Crippen LogP contribution is -2.54. The maximum Gasteiger partial charge on any atom is 0.387 e. The number of aliphatic hydroxyl groups is 1. The Kier molecular flexibility index (Phi) is 6.32. The van der Waals surface area contributed by atoms with E-state index >= 15 is 0 Å². The number of sulfonamides is 1. The van der Waals surface area contributed by atoms with Crippen LogP contribution in [0.1, 0.15) is 38.5 Å². The summed E-state index contributed by atoms with van der Waals surface area (Å²) < 4.78 is 62.3. The summed E-state index contributed by atoms with van der Waals surface area (Å²) in [4.78, 5) is 0.0870. The molecular weight excluding hydrogens is 418 g/mol. The number of benzene rings is 1. The fourth-order valence-corrected chi connectivity index (χ4v) is 6.76. The van der Waals surface area contributed by atoms with Crippen LogP contribution in [-0.4, -0.2) is 67.9 Å². The molecule has 0 aromatic heterocycles. The van der Waals surface area contributed by atoms with Crippen molar-refractivity contribution in [3.8, 4) is 5.75 Å². The maximum atomic E-state index is 13.2. The molecular formula is C20H28F2N2O5S. The molecule has 30 heavy (non-hydrogen) atoms. The highest BCUT2D eigenvalue weighted by atomic mass is 32.2. The van der Waals surface area contributed by atoms with E-state index in [9.17, 15) is 22.3 Å². The first-order valence-corrected chi connectivity index (χ1v) is 11.8. The van der Waals surface area contributed by atoms with Crippen molar-refractivity contribution in [2.75, 3.05) is 19.8 Å². The zero-order valence-corrected chi connectivity index (χ0v) is 17.5. The van der Waals surface area contributed by atoms with Gasteiger partial charge in [-0.05, 0) is 49.9 Å². The smallest absolute Gasteiger partial charge is 0.387 e. The lowest BCUT2D eigenvalue weighted by molar-refractivity contribution is -0.0637. The van der Waals surface area contributed by atoms with Crippen molar-refractivity contribution < 1.29 is 31.8 Å². The average molecular weight is 447 g/mol. The van der Waals surface area contributed by atoms with Crippen LogP contribution in [0.3, 0.4) is 0 Å². The fourth-order valence-electron chi connectivity index (χ4n) is 4.87. The lowest BCUT2D eigenvalue weighted by atomic mass is 9.92. The Balaban J connectivity index is 1.40. The van der Waals surface area contributed by atoms with Crippen LogP contribution in [0.25, 0.3) is 0 Å². The minimum atomic E-state index is -3.72. The molecule has 0 saturated carbocycles. The molecule has 1 aromatic carbocycles. The van der Waals surface area contributed by atoms with Crippen molar-refractivity contribution in [2.24, 2.45) is 0 Å². The molecule has 3 aliphatic rings. The van der Waals surface area contributed by atoms with Crippen LogP contribution in [0.4, 0.5) is 8.78 Å². The summed E-state index contributed by atoms with van der Waals surface area (Å²) in [5.74, 6) is -0.0686. The van der Waals surface area contributed by atoms with Gasteiger partial charge in [-0.15, -0.1) is 0 Å². The van der Waals surface area contributed by atoms with Gasteiger partial charge in [-0.3, -0.25) is 0 Å². The Bertz CT molecular complexity index is 816. The Morgan fingerprint density at radius 2 is 1.77 bits per heavy atom. The second-order valence-electron chi connectivity index (χ2n) is 8.46. The van der Waals surface area contributed by atoms with E-state index in [0.717, 1.165) is 12.8 Å². The van der Waals surface area contributed by atoms with Gasteiger partial charge in [0, 0.05) is 50.7 Å². The third-order valence-corrected chi connectivity index (χ3v) is 8.45. The summed E-state index contributed by atoms with van der Waals surface area (Å²) >= 11 is 0. The van der Waals surface area contributed by atoms with Gasteiger partial charge in [0.05, 0.1) is 10.5 Å². The quantitative estimate of drug-likeness (QED) is 0.667. The topological polar surface area (TPSA) is 88.1 Å². The molecule has 10 heteroatoms. The molecule has 2 bridgehead atoms. The van der Waals surface area contributed by atoms with E-state index in [0.29, 0.717) is 45.4 Å². The van der Waals surface area contributed by atoms with Crippen LogP contribution in [0.15, 0.2) is 29.2 Å².